The molecule has 0 aliphatic heterocycles. The first-order valence-electron chi connectivity index (χ1n) is 16.8. The summed E-state index contributed by atoms with van der Waals surface area (Å²) in [7, 11) is 0. The van der Waals surface area contributed by atoms with E-state index in [-0.39, 0.29) is 63.4 Å². The maximum Gasteiger partial charge on any atom is 0.332 e. The second kappa shape index (κ2) is 11.0. The molecule has 1 N–H and O–H groups in total. The van der Waals surface area contributed by atoms with Gasteiger partial charge in [-0.15, -0.1) is 0 Å². The molecule has 7 nitrogen and oxygen atoms in total. The van der Waals surface area contributed by atoms with E-state index in [1.54, 1.807) is 6.92 Å². The number of esters is 1. The van der Waals surface area contributed by atoms with Crippen LogP contribution in [0.1, 0.15) is 113 Å². The number of ether oxygens (including phenoxy) is 3. The van der Waals surface area contributed by atoms with Crippen LogP contribution in [0.4, 0.5) is 0 Å². The Kier molecular flexibility index (Phi) is 8.32. The lowest BCUT2D eigenvalue weighted by Gasteiger charge is -2.70. The van der Waals surface area contributed by atoms with E-state index in [2.05, 4.69) is 41.5 Å². The van der Waals surface area contributed by atoms with Crippen molar-refractivity contribution in [1.29, 1.82) is 0 Å². The number of allylic oxidation sites excluding steroid dienone is 2. The van der Waals surface area contributed by atoms with Gasteiger partial charge in [0.15, 0.2) is 5.78 Å². The summed E-state index contributed by atoms with van der Waals surface area (Å²) in [5.74, 6) is -0.352. The summed E-state index contributed by atoms with van der Waals surface area (Å²) in [6, 6.07) is 0. The summed E-state index contributed by atoms with van der Waals surface area (Å²) in [6.07, 6.45) is 10.4. The Balaban J connectivity index is 1.38. The number of carboxylic acids is 1. The summed E-state index contributed by atoms with van der Waals surface area (Å²) < 4.78 is 16.8. The largest absolute Gasteiger partial charge is 0.481 e. The van der Waals surface area contributed by atoms with Gasteiger partial charge in [-0.3, -0.25) is 9.59 Å². The SMILES string of the molecule is CCOC(=O)COCCO[C@H]1CC[C@]2(C)[C@H]3C(=O)C=C4[C@@H]5C[C@@](C)(C(=O)O)CC[C@]5(C)CC[C@@]4(C)[C@]3(C)CC[C@H]2C1(C)C. The van der Waals surface area contributed by atoms with Crippen molar-refractivity contribution in [2.24, 2.45) is 50.2 Å². The molecule has 0 aromatic rings. The van der Waals surface area contributed by atoms with E-state index in [9.17, 15) is 19.5 Å². The molecule has 0 bridgehead atoms. The van der Waals surface area contributed by atoms with Gasteiger partial charge in [-0.25, -0.2) is 4.79 Å². The van der Waals surface area contributed by atoms with Crippen LogP contribution in [0, 0.1) is 50.2 Å². The van der Waals surface area contributed by atoms with Gasteiger partial charge in [0.1, 0.15) is 6.61 Å². The lowest BCUT2D eigenvalue weighted by molar-refractivity contribution is -0.210. The molecule has 0 radical (unpaired) electrons. The predicted molar refractivity (Wildman–Crippen MR) is 164 cm³/mol. The first-order valence-corrected chi connectivity index (χ1v) is 16.8. The average molecular weight is 601 g/mol. The Morgan fingerprint density at radius 3 is 2.30 bits per heavy atom. The van der Waals surface area contributed by atoms with Crippen LogP contribution in [0.25, 0.3) is 0 Å². The first kappa shape index (κ1) is 32.7. The molecule has 0 heterocycles. The predicted octanol–water partition coefficient (Wildman–Crippen LogP) is 7.02. The minimum Gasteiger partial charge on any atom is -0.481 e. The molecule has 9 atom stereocenters. The molecule has 5 rings (SSSR count). The van der Waals surface area contributed by atoms with Gasteiger partial charge in [0, 0.05) is 5.92 Å². The Bertz CT molecular complexity index is 1170. The van der Waals surface area contributed by atoms with Crippen LogP contribution in [-0.2, 0) is 28.6 Å². The van der Waals surface area contributed by atoms with Gasteiger partial charge in [0.2, 0.25) is 0 Å². The van der Waals surface area contributed by atoms with Gasteiger partial charge < -0.3 is 19.3 Å². The summed E-state index contributed by atoms with van der Waals surface area (Å²) in [5, 5.41) is 10.2. The van der Waals surface area contributed by atoms with E-state index in [0.717, 1.165) is 44.9 Å². The van der Waals surface area contributed by atoms with Crippen molar-refractivity contribution in [1.82, 2.24) is 0 Å². The van der Waals surface area contributed by atoms with E-state index in [0.29, 0.717) is 38.6 Å². The summed E-state index contributed by atoms with van der Waals surface area (Å²) in [6.45, 7) is 19.0. The number of carboxylic acid groups (broad SMARTS) is 1. The third-order valence-corrected chi connectivity index (χ3v) is 14.1. The monoisotopic (exact) mass is 600 g/mol. The Morgan fingerprint density at radius 2 is 1.63 bits per heavy atom. The topological polar surface area (TPSA) is 99.1 Å². The van der Waals surface area contributed by atoms with E-state index < -0.39 is 11.4 Å². The summed E-state index contributed by atoms with van der Waals surface area (Å²) in [5.41, 5.74) is 0.0533. The highest BCUT2D eigenvalue weighted by atomic mass is 16.6. The molecule has 4 fully saturated rings. The summed E-state index contributed by atoms with van der Waals surface area (Å²) in [4.78, 5) is 38.5. The molecule has 242 valence electrons. The minimum absolute atomic E-state index is 0.0561. The van der Waals surface area contributed by atoms with Crippen molar-refractivity contribution >= 4 is 17.7 Å². The Labute approximate surface area is 258 Å². The highest BCUT2D eigenvalue weighted by Gasteiger charge is 2.70. The normalized spacial score (nSPS) is 45.1. The van der Waals surface area contributed by atoms with Crippen molar-refractivity contribution in [2.45, 2.75) is 119 Å². The molecule has 0 aromatic heterocycles. The number of carbonyl (C=O) groups is 3. The number of rotatable bonds is 8. The molecule has 0 aromatic carbocycles. The molecule has 0 spiro atoms. The highest BCUT2D eigenvalue weighted by molar-refractivity contribution is 5.95. The lowest BCUT2D eigenvalue weighted by Crippen LogP contribution is -2.66. The zero-order chi connectivity index (χ0) is 31.6. The number of carbonyl (C=O) groups excluding carboxylic acids is 2. The van der Waals surface area contributed by atoms with Gasteiger partial charge in [-0.1, -0.05) is 47.1 Å². The second-order valence-electron chi connectivity index (χ2n) is 16.6. The third kappa shape index (κ3) is 4.94. The molecule has 43 heavy (non-hydrogen) atoms. The van der Waals surface area contributed by atoms with Crippen LogP contribution >= 0.6 is 0 Å². The molecular formula is C36H56O7. The van der Waals surface area contributed by atoms with Crippen LogP contribution in [0.3, 0.4) is 0 Å². The first-order chi connectivity index (χ1) is 20.0. The van der Waals surface area contributed by atoms with Crippen LogP contribution < -0.4 is 0 Å². The number of hydrogen-bond acceptors (Lipinski definition) is 6. The van der Waals surface area contributed by atoms with Crippen molar-refractivity contribution in [2.75, 3.05) is 26.4 Å². The Morgan fingerprint density at radius 1 is 0.930 bits per heavy atom. The molecule has 0 saturated heterocycles. The van der Waals surface area contributed by atoms with Gasteiger partial charge >= 0.3 is 11.9 Å². The van der Waals surface area contributed by atoms with E-state index >= 15 is 0 Å². The molecule has 0 unspecified atom stereocenters. The van der Waals surface area contributed by atoms with Crippen molar-refractivity contribution in [3.8, 4) is 0 Å². The summed E-state index contributed by atoms with van der Waals surface area (Å²) >= 11 is 0. The maximum absolute atomic E-state index is 14.5. The zero-order valence-electron chi connectivity index (χ0n) is 28.0. The van der Waals surface area contributed by atoms with E-state index in [4.69, 9.17) is 14.2 Å². The number of hydrogen-bond donors (Lipinski definition) is 1. The molecule has 7 heteroatoms. The number of ketones is 1. The quantitative estimate of drug-likeness (QED) is 0.236. The molecular weight excluding hydrogens is 544 g/mol. The van der Waals surface area contributed by atoms with Crippen LogP contribution in [0.15, 0.2) is 11.6 Å². The number of aliphatic carboxylic acids is 1. The fraction of sp³-hybridized carbons (Fsp3) is 0.861. The maximum atomic E-state index is 14.5. The van der Waals surface area contributed by atoms with Gasteiger partial charge in [0.25, 0.3) is 0 Å². The third-order valence-electron chi connectivity index (χ3n) is 14.1. The highest BCUT2D eigenvalue weighted by Crippen LogP contribution is 2.75. The lowest BCUT2D eigenvalue weighted by atomic mass is 9.33. The average Bonchev–Trinajstić information content (AvgIpc) is 2.91. The molecule has 4 saturated carbocycles. The van der Waals surface area contributed by atoms with Crippen LogP contribution in [0.5, 0.6) is 0 Å². The fourth-order valence-electron chi connectivity index (χ4n) is 11.3. The van der Waals surface area contributed by atoms with Crippen LogP contribution in [-0.4, -0.2) is 55.4 Å². The van der Waals surface area contributed by atoms with Gasteiger partial charge in [0.05, 0.1) is 31.3 Å². The van der Waals surface area contributed by atoms with Crippen molar-refractivity contribution in [3.05, 3.63) is 11.6 Å². The van der Waals surface area contributed by atoms with Crippen molar-refractivity contribution in [3.63, 3.8) is 0 Å². The fourth-order valence-corrected chi connectivity index (χ4v) is 11.3. The molecule has 5 aliphatic carbocycles. The van der Waals surface area contributed by atoms with Crippen LogP contribution in [0.2, 0.25) is 0 Å². The van der Waals surface area contributed by atoms with E-state index in [1.807, 2.05) is 13.0 Å². The smallest absolute Gasteiger partial charge is 0.332 e. The number of fused-ring (bicyclic) bond motifs is 7. The van der Waals surface area contributed by atoms with Gasteiger partial charge in [-0.05, 0) is 117 Å². The minimum atomic E-state index is -0.736. The standard InChI is InChI=1S/C36H56O7/c1-9-42-28(38)22-41-18-19-43-27-11-12-34(6)26(31(27,2)3)10-13-36(8)29(34)25(37)20-23-24-21-33(5,30(39)40)15-14-32(24,4)16-17-35(23,36)7/h20,24,26-27,29H,9-19,21-22H2,1-8H3,(H,39,40)/t24-,26-,27-,29+,32+,33-,34-,35+,36+/m0/s1. The molecule has 0 amide bonds. The van der Waals surface area contributed by atoms with E-state index in [1.165, 1.54) is 5.57 Å². The molecule has 5 aliphatic rings. The van der Waals surface area contributed by atoms with Gasteiger partial charge in [-0.2, -0.15) is 0 Å². The second-order valence-corrected chi connectivity index (χ2v) is 16.6. The Hall–Kier alpha value is -1.73. The van der Waals surface area contributed by atoms with Crippen molar-refractivity contribution < 1.29 is 33.7 Å². The zero-order valence-corrected chi connectivity index (χ0v) is 28.0.